The van der Waals surface area contributed by atoms with E-state index in [9.17, 15) is 4.79 Å². The highest BCUT2D eigenvalue weighted by molar-refractivity contribution is 5.71. The fraction of sp³-hybridized carbons (Fsp3) is 0.875. The Labute approximate surface area is 66.4 Å². The Balaban J connectivity index is 2.67. The molecule has 3 heteroatoms. The number of carboxylic acids is 1. The molecule has 1 saturated heterocycles. The second kappa shape index (κ2) is 2.81. The maximum absolute atomic E-state index is 10.7. The second-order valence-corrected chi connectivity index (χ2v) is 3.72. The third-order valence-electron chi connectivity index (χ3n) is 2.27. The zero-order valence-corrected chi connectivity index (χ0v) is 6.96. The molecule has 0 aromatic rings. The molecule has 1 N–H and O–H groups in total. The number of ether oxygens (including phenoxy) is 1. The number of hydrogen-bond donors (Lipinski definition) is 1. The van der Waals surface area contributed by atoms with Crippen LogP contribution >= 0.6 is 0 Å². The Morgan fingerprint density at radius 2 is 2.27 bits per heavy atom. The molecule has 1 aliphatic rings. The highest BCUT2D eigenvalue weighted by Crippen LogP contribution is 2.33. The molecule has 11 heavy (non-hydrogen) atoms. The summed E-state index contributed by atoms with van der Waals surface area (Å²) in [6.07, 6.45) is 0.641. The van der Waals surface area contributed by atoms with E-state index in [0.29, 0.717) is 19.6 Å². The van der Waals surface area contributed by atoms with E-state index in [1.54, 1.807) is 0 Å². The molecule has 1 fully saturated rings. The van der Waals surface area contributed by atoms with Gasteiger partial charge in [0.05, 0.1) is 12.5 Å². The average Bonchev–Trinajstić information content (AvgIpc) is 1.85. The van der Waals surface area contributed by atoms with Gasteiger partial charge in [-0.05, 0) is 6.42 Å². The molecule has 0 radical (unpaired) electrons. The van der Waals surface area contributed by atoms with Crippen LogP contribution in [0.3, 0.4) is 0 Å². The summed E-state index contributed by atoms with van der Waals surface area (Å²) in [5.41, 5.74) is -0.204. The van der Waals surface area contributed by atoms with Gasteiger partial charge in [-0.15, -0.1) is 0 Å². The molecule has 0 bridgehead atoms. The molecule has 1 rings (SSSR count). The number of carbonyl (C=O) groups is 1. The molecule has 0 aromatic heterocycles. The van der Waals surface area contributed by atoms with Gasteiger partial charge in [0.25, 0.3) is 0 Å². The number of rotatable bonds is 1. The lowest BCUT2D eigenvalue weighted by Crippen LogP contribution is -2.39. The van der Waals surface area contributed by atoms with Crippen molar-refractivity contribution in [3.8, 4) is 0 Å². The Morgan fingerprint density at radius 3 is 2.64 bits per heavy atom. The number of carboxylic acid groups (broad SMARTS) is 1. The summed E-state index contributed by atoms with van der Waals surface area (Å²) in [4.78, 5) is 10.7. The SMILES string of the molecule is CC1(C)COCCC1C(=O)O. The molecular formula is C8H14O3. The van der Waals surface area contributed by atoms with E-state index in [0.717, 1.165) is 0 Å². The van der Waals surface area contributed by atoms with E-state index in [4.69, 9.17) is 9.84 Å². The van der Waals surface area contributed by atoms with Crippen LogP contribution in [0, 0.1) is 11.3 Å². The third-order valence-corrected chi connectivity index (χ3v) is 2.27. The normalized spacial score (nSPS) is 29.8. The largest absolute Gasteiger partial charge is 0.481 e. The molecule has 0 saturated carbocycles. The van der Waals surface area contributed by atoms with Crippen LogP contribution in [0.5, 0.6) is 0 Å². The number of hydrogen-bond acceptors (Lipinski definition) is 2. The van der Waals surface area contributed by atoms with Crippen LogP contribution in [-0.2, 0) is 9.53 Å². The van der Waals surface area contributed by atoms with Crippen molar-refractivity contribution in [1.82, 2.24) is 0 Å². The molecule has 1 atom stereocenters. The van der Waals surface area contributed by atoms with E-state index in [2.05, 4.69) is 0 Å². The van der Waals surface area contributed by atoms with E-state index in [1.165, 1.54) is 0 Å². The summed E-state index contributed by atoms with van der Waals surface area (Å²) >= 11 is 0. The van der Waals surface area contributed by atoms with Crippen LogP contribution in [0.15, 0.2) is 0 Å². The van der Waals surface area contributed by atoms with Gasteiger partial charge in [0.1, 0.15) is 0 Å². The van der Waals surface area contributed by atoms with Gasteiger partial charge in [-0.25, -0.2) is 0 Å². The molecule has 0 amide bonds. The summed E-state index contributed by atoms with van der Waals surface area (Å²) in [7, 11) is 0. The summed E-state index contributed by atoms with van der Waals surface area (Å²) in [6.45, 7) is 5.01. The van der Waals surface area contributed by atoms with Crippen LogP contribution in [0.4, 0.5) is 0 Å². The van der Waals surface area contributed by atoms with Crippen molar-refractivity contribution in [3.63, 3.8) is 0 Å². The Kier molecular flexibility index (Phi) is 2.18. The van der Waals surface area contributed by atoms with Crippen LogP contribution < -0.4 is 0 Å². The van der Waals surface area contributed by atoms with E-state index in [1.807, 2.05) is 13.8 Å². The van der Waals surface area contributed by atoms with Crippen molar-refractivity contribution in [3.05, 3.63) is 0 Å². The smallest absolute Gasteiger partial charge is 0.307 e. The summed E-state index contributed by atoms with van der Waals surface area (Å²) in [5, 5.41) is 8.82. The summed E-state index contributed by atoms with van der Waals surface area (Å²) in [5.74, 6) is -0.936. The minimum atomic E-state index is -0.696. The predicted molar refractivity (Wildman–Crippen MR) is 40.3 cm³/mol. The highest BCUT2D eigenvalue weighted by Gasteiger charge is 2.37. The van der Waals surface area contributed by atoms with Crippen LogP contribution in [0.2, 0.25) is 0 Å². The minimum absolute atomic E-state index is 0.204. The molecule has 0 aromatic carbocycles. The van der Waals surface area contributed by atoms with Crippen LogP contribution in [-0.4, -0.2) is 24.3 Å². The summed E-state index contributed by atoms with van der Waals surface area (Å²) in [6, 6.07) is 0. The molecule has 3 nitrogen and oxygen atoms in total. The molecule has 0 spiro atoms. The zero-order valence-electron chi connectivity index (χ0n) is 6.96. The van der Waals surface area contributed by atoms with Gasteiger partial charge >= 0.3 is 5.97 Å². The van der Waals surface area contributed by atoms with Crippen LogP contribution in [0.25, 0.3) is 0 Å². The van der Waals surface area contributed by atoms with Crippen molar-refractivity contribution < 1.29 is 14.6 Å². The van der Waals surface area contributed by atoms with Gasteiger partial charge < -0.3 is 9.84 Å². The first-order valence-electron chi connectivity index (χ1n) is 3.84. The third kappa shape index (κ3) is 1.71. The first-order chi connectivity index (χ1) is 5.04. The fourth-order valence-electron chi connectivity index (χ4n) is 1.49. The monoisotopic (exact) mass is 158 g/mol. The summed E-state index contributed by atoms with van der Waals surface area (Å²) < 4.78 is 5.20. The topological polar surface area (TPSA) is 46.5 Å². The van der Waals surface area contributed by atoms with Gasteiger partial charge in [-0.3, -0.25) is 4.79 Å². The van der Waals surface area contributed by atoms with Crippen molar-refractivity contribution >= 4 is 5.97 Å². The standard InChI is InChI=1S/C8H14O3/c1-8(2)5-11-4-3-6(8)7(9)10/h6H,3-5H2,1-2H3,(H,9,10). The van der Waals surface area contributed by atoms with Gasteiger partial charge in [-0.2, -0.15) is 0 Å². The first-order valence-corrected chi connectivity index (χ1v) is 3.84. The minimum Gasteiger partial charge on any atom is -0.481 e. The zero-order chi connectivity index (χ0) is 8.48. The number of aliphatic carboxylic acids is 1. The maximum atomic E-state index is 10.7. The Hall–Kier alpha value is -0.570. The first kappa shape index (κ1) is 8.53. The van der Waals surface area contributed by atoms with Crippen molar-refractivity contribution in [1.29, 1.82) is 0 Å². The Morgan fingerprint density at radius 1 is 1.64 bits per heavy atom. The quantitative estimate of drug-likeness (QED) is 0.622. The molecular weight excluding hydrogens is 144 g/mol. The Bertz CT molecular complexity index is 163. The lowest BCUT2D eigenvalue weighted by atomic mass is 9.76. The van der Waals surface area contributed by atoms with E-state index < -0.39 is 5.97 Å². The van der Waals surface area contributed by atoms with Crippen molar-refractivity contribution in [2.75, 3.05) is 13.2 Å². The lowest BCUT2D eigenvalue weighted by Gasteiger charge is -2.35. The van der Waals surface area contributed by atoms with Gasteiger partial charge in [0, 0.05) is 12.0 Å². The van der Waals surface area contributed by atoms with E-state index in [-0.39, 0.29) is 11.3 Å². The molecule has 1 aliphatic heterocycles. The van der Waals surface area contributed by atoms with Crippen molar-refractivity contribution in [2.24, 2.45) is 11.3 Å². The highest BCUT2D eigenvalue weighted by atomic mass is 16.5. The van der Waals surface area contributed by atoms with Gasteiger partial charge in [-0.1, -0.05) is 13.8 Å². The van der Waals surface area contributed by atoms with Crippen molar-refractivity contribution in [2.45, 2.75) is 20.3 Å². The fourth-order valence-corrected chi connectivity index (χ4v) is 1.49. The molecule has 64 valence electrons. The van der Waals surface area contributed by atoms with Gasteiger partial charge in [0.15, 0.2) is 0 Å². The molecule has 0 aliphatic carbocycles. The molecule has 1 heterocycles. The maximum Gasteiger partial charge on any atom is 0.307 e. The average molecular weight is 158 g/mol. The molecule has 1 unspecified atom stereocenters. The van der Waals surface area contributed by atoms with Gasteiger partial charge in [0.2, 0.25) is 0 Å². The second-order valence-electron chi connectivity index (χ2n) is 3.72. The van der Waals surface area contributed by atoms with E-state index >= 15 is 0 Å². The van der Waals surface area contributed by atoms with Crippen LogP contribution in [0.1, 0.15) is 20.3 Å². The predicted octanol–water partition coefficient (Wildman–Crippen LogP) is 1.13. The lowest BCUT2D eigenvalue weighted by molar-refractivity contribution is -0.153.